The van der Waals surface area contributed by atoms with Crippen LogP contribution in [0.1, 0.15) is 30.7 Å². The van der Waals surface area contributed by atoms with E-state index in [2.05, 4.69) is 35.5 Å². The van der Waals surface area contributed by atoms with Crippen molar-refractivity contribution in [1.82, 2.24) is 0 Å². The molecule has 1 N–H and O–H groups in total. The Morgan fingerprint density at radius 1 is 1.29 bits per heavy atom. The Morgan fingerprint density at radius 3 is 2.50 bits per heavy atom. The van der Waals surface area contributed by atoms with Crippen molar-refractivity contribution in [3.05, 3.63) is 29.8 Å². The summed E-state index contributed by atoms with van der Waals surface area (Å²) in [6.45, 7) is 0.600. The van der Waals surface area contributed by atoms with Crippen LogP contribution in [-0.4, -0.2) is 6.54 Å². The van der Waals surface area contributed by atoms with E-state index in [9.17, 15) is 0 Å². The minimum absolute atomic E-state index is 0.600. The summed E-state index contributed by atoms with van der Waals surface area (Å²) >= 11 is 0. The van der Waals surface area contributed by atoms with E-state index in [4.69, 9.17) is 6.42 Å². The fraction of sp³-hybridized carbons (Fsp3) is 0.385. The summed E-state index contributed by atoms with van der Waals surface area (Å²) in [6, 6.07) is 8.65. The molecule has 0 atom stereocenters. The van der Waals surface area contributed by atoms with Crippen LogP contribution in [0.3, 0.4) is 0 Å². The highest BCUT2D eigenvalue weighted by Gasteiger charge is 2.18. The molecule has 0 radical (unpaired) electrons. The number of nitrogens with one attached hydrogen (secondary N) is 1. The van der Waals surface area contributed by atoms with Crippen LogP contribution < -0.4 is 5.32 Å². The Balaban J connectivity index is 1.99. The van der Waals surface area contributed by atoms with Crippen LogP contribution in [0.5, 0.6) is 0 Å². The van der Waals surface area contributed by atoms with Crippen LogP contribution in [0.2, 0.25) is 0 Å². The summed E-state index contributed by atoms with van der Waals surface area (Å²) in [7, 11) is 0. The molecule has 1 fully saturated rings. The molecule has 0 aromatic heterocycles. The number of hydrogen-bond donors (Lipinski definition) is 1. The second kappa shape index (κ2) is 4.19. The first-order valence-corrected chi connectivity index (χ1v) is 5.17. The number of benzene rings is 1. The van der Waals surface area contributed by atoms with E-state index in [1.54, 1.807) is 0 Å². The van der Waals surface area contributed by atoms with Crippen molar-refractivity contribution in [2.45, 2.75) is 25.2 Å². The van der Waals surface area contributed by atoms with E-state index >= 15 is 0 Å². The summed E-state index contributed by atoms with van der Waals surface area (Å²) in [5, 5.41) is 3.16. The van der Waals surface area contributed by atoms with E-state index in [1.807, 2.05) is 0 Å². The maximum Gasteiger partial charge on any atom is 0.0763 e. The fourth-order valence-electron chi connectivity index (χ4n) is 1.77. The van der Waals surface area contributed by atoms with Crippen LogP contribution in [0.15, 0.2) is 24.3 Å². The van der Waals surface area contributed by atoms with Gasteiger partial charge in [-0.3, -0.25) is 0 Å². The SMILES string of the molecule is C#CCNc1ccc(C2CCC2)cc1. The van der Waals surface area contributed by atoms with Crippen LogP contribution >= 0.6 is 0 Å². The van der Waals surface area contributed by atoms with Gasteiger partial charge in [-0.05, 0) is 36.5 Å². The first-order valence-electron chi connectivity index (χ1n) is 5.17. The van der Waals surface area contributed by atoms with E-state index in [-0.39, 0.29) is 0 Å². The van der Waals surface area contributed by atoms with E-state index in [0.29, 0.717) is 6.54 Å². The van der Waals surface area contributed by atoms with Gasteiger partial charge in [0.25, 0.3) is 0 Å². The maximum absolute atomic E-state index is 5.17. The highest BCUT2D eigenvalue weighted by atomic mass is 14.8. The molecular weight excluding hydrogens is 170 g/mol. The molecule has 0 bridgehead atoms. The monoisotopic (exact) mass is 185 g/mol. The van der Waals surface area contributed by atoms with E-state index < -0.39 is 0 Å². The number of rotatable bonds is 3. The normalized spacial score (nSPS) is 15.6. The topological polar surface area (TPSA) is 12.0 Å². The molecule has 1 nitrogen and oxygen atoms in total. The summed E-state index contributed by atoms with van der Waals surface area (Å²) in [5.41, 5.74) is 2.59. The standard InChI is InChI=1S/C13H15N/c1-2-10-14-13-8-6-12(7-9-13)11-4-3-5-11/h1,6-9,11,14H,3-5,10H2. The summed E-state index contributed by atoms with van der Waals surface area (Å²) in [5.74, 6) is 3.38. The van der Waals surface area contributed by atoms with Crippen LogP contribution in [0.25, 0.3) is 0 Å². The Kier molecular flexibility index (Phi) is 2.74. The van der Waals surface area contributed by atoms with Gasteiger partial charge in [0, 0.05) is 5.69 Å². The lowest BCUT2D eigenvalue weighted by Crippen LogP contribution is -2.08. The van der Waals surface area contributed by atoms with Crippen LogP contribution in [0, 0.1) is 12.3 Å². The van der Waals surface area contributed by atoms with Crippen molar-refractivity contribution in [3.8, 4) is 12.3 Å². The van der Waals surface area contributed by atoms with Crippen molar-refractivity contribution >= 4 is 5.69 Å². The molecule has 0 aliphatic heterocycles. The molecule has 1 aromatic rings. The largest absolute Gasteiger partial charge is 0.374 e. The van der Waals surface area contributed by atoms with Gasteiger partial charge in [0.15, 0.2) is 0 Å². The summed E-state index contributed by atoms with van der Waals surface area (Å²) in [4.78, 5) is 0. The lowest BCUT2D eigenvalue weighted by molar-refractivity contribution is 0.420. The molecule has 72 valence electrons. The maximum atomic E-state index is 5.17. The first-order chi connectivity index (χ1) is 6.90. The molecule has 1 aromatic carbocycles. The average Bonchev–Trinajstić information content (AvgIpc) is 2.14. The highest BCUT2D eigenvalue weighted by Crippen LogP contribution is 2.36. The van der Waals surface area contributed by atoms with Crippen LogP contribution in [0.4, 0.5) is 5.69 Å². The van der Waals surface area contributed by atoms with E-state index in [0.717, 1.165) is 11.6 Å². The average molecular weight is 185 g/mol. The predicted molar refractivity (Wildman–Crippen MR) is 60.4 cm³/mol. The van der Waals surface area contributed by atoms with Gasteiger partial charge >= 0.3 is 0 Å². The molecule has 2 rings (SSSR count). The first kappa shape index (κ1) is 9.15. The zero-order valence-electron chi connectivity index (χ0n) is 8.29. The van der Waals surface area contributed by atoms with Crippen molar-refractivity contribution in [2.75, 3.05) is 11.9 Å². The molecule has 1 aliphatic carbocycles. The molecule has 0 spiro atoms. The lowest BCUT2D eigenvalue weighted by Gasteiger charge is -2.25. The summed E-state index contributed by atoms with van der Waals surface area (Å²) < 4.78 is 0. The molecule has 1 aliphatic rings. The minimum Gasteiger partial charge on any atom is -0.374 e. The van der Waals surface area contributed by atoms with Gasteiger partial charge in [-0.15, -0.1) is 6.42 Å². The second-order valence-electron chi connectivity index (χ2n) is 3.81. The third kappa shape index (κ3) is 1.90. The van der Waals surface area contributed by atoms with Crippen molar-refractivity contribution < 1.29 is 0 Å². The van der Waals surface area contributed by atoms with Crippen molar-refractivity contribution in [2.24, 2.45) is 0 Å². The summed E-state index contributed by atoms with van der Waals surface area (Å²) in [6.07, 6.45) is 9.28. The van der Waals surface area contributed by atoms with Crippen molar-refractivity contribution in [1.29, 1.82) is 0 Å². The Bertz CT molecular complexity index is 327. The smallest absolute Gasteiger partial charge is 0.0763 e. The minimum atomic E-state index is 0.600. The number of terminal acetylenes is 1. The molecule has 1 heteroatoms. The predicted octanol–water partition coefficient (Wildman–Crippen LogP) is 3.00. The fourth-order valence-corrected chi connectivity index (χ4v) is 1.77. The highest BCUT2D eigenvalue weighted by molar-refractivity contribution is 5.46. The van der Waals surface area contributed by atoms with Gasteiger partial charge in [0.1, 0.15) is 0 Å². The number of anilines is 1. The van der Waals surface area contributed by atoms with Crippen molar-refractivity contribution in [3.63, 3.8) is 0 Å². The Morgan fingerprint density at radius 2 is 2.00 bits per heavy atom. The Labute approximate surface area is 85.5 Å². The van der Waals surface area contributed by atoms with Gasteiger partial charge in [-0.1, -0.05) is 24.5 Å². The third-order valence-electron chi connectivity index (χ3n) is 2.88. The van der Waals surface area contributed by atoms with E-state index in [1.165, 1.54) is 24.8 Å². The molecule has 0 amide bonds. The number of hydrogen-bond acceptors (Lipinski definition) is 1. The van der Waals surface area contributed by atoms with Gasteiger partial charge < -0.3 is 5.32 Å². The quantitative estimate of drug-likeness (QED) is 0.714. The molecule has 0 saturated heterocycles. The van der Waals surface area contributed by atoms with Crippen LogP contribution in [-0.2, 0) is 0 Å². The molecular formula is C13H15N. The van der Waals surface area contributed by atoms with Gasteiger partial charge in [0.05, 0.1) is 6.54 Å². The second-order valence-corrected chi connectivity index (χ2v) is 3.81. The van der Waals surface area contributed by atoms with Gasteiger partial charge in [0.2, 0.25) is 0 Å². The lowest BCUT2D eigenvalue weighted by atomic mass is 9.80. The van der Waals surface area contributed by atoms with Gasteiger partial charge in [-0.2, -0.15) is 0 Å². The zero-order valence-corrected chi connectivity index (χ0v) is 8.29. The molecule has 1 saturated carbocycles. The zero-order chi connectivity index (χ0) is 9.80. The molecule has 0 heterocycles. The molecule has 14 heavy (non-hydrogen) atoms. The Hall–Kier alpha value is -1.42. The van der Waals surface area contributed by atoms with Gasteiger partial charge in [-0.25, -0.2) is 0 Å². The third-order valence-corrected chi connectivity index (χ3v) is 2.88. The molecule has 0 unspecified atom stereocenters.